The average molecular weight is 694 g/mol. The first-order chi connectivity index (χ1) is 23.8. The molecule has 4 heterocycles. The lowest BCUT2D eigenvalue weighted by Crippen LogP contribution is -2.48. The highest BCUT2D eigenvalue weighted by atomic mass is 19.1. The van der Waals surface area contributed by atoms with Gasteiger partial charge in [-0.1, -0.05) is 50.6 Å². The van der Waals surface area contributed by atoms with Crippen molar-refractivity contribution in [2.24, 2.45) is 17.3 Å². The number of halogens is 3. The zero-order valence-electron chi connectivity index (χ0n) is 29.5. The van der Waals surface area contributed by atoms with Crippen LogP contribution in [0.3, 0.4) is 0 Å². The van der Waals surface area contributed by atoms with Crippen LogP contribution in [0.4, 0.5) is 24.5 Å². The van der Waals surface area contributed by atoms with Crippen molar-refractivity contribution in [1.82, 2.24) is 14.4 Å². The average Bonchev–Trinajstić information content (AvgIpc) is 3.47. The molecule has 11 heteroatoms. The molecule has 1 aromatic heterocycles. The number of carbonyl (C=O) groups is 1. The Morgan fingerprint density at radius 2 is 1.70 bits per heavy atom. The Kier molecular flexibility index (Phi) is 9.20. The predicted octanol–water partition coefficient (Wildman–Crippen LogP) is 6.75. The van der Waals surface area contributed by atoms with E-state index in [1.54, 1.807) is 6.92 Å². The van der Waals surface area contributed by atoms with Crippen molar-refractivity contribution in [3.63, 3.8) is 0 Å². The van der Waals surface area contributed by atoms with Gasteiger partial charge in [0.1, 0.15) is 17.9 Å². The van der Waals surface area contributed by atoms with Crippen LogP contribution in [-0.4, -0.2) is 83.1 Å². The summed E-state index contributed by atoms with van der Waals surface area (Å²) < 4.78 is 45.5. The van der Waals surface area contributed by atoms with Gasteiger partial charge in [-0.2, -0.15) is 0 Å². The van der Waals surface area contributed by atoms with Gasteiger partial charge in [0.15, 0.2) is 5.82 Å². The van der Waals surface area contributed by atoms with Crippen molar-refractivity contribution in [2.45, 2.75) is 90.3 Å². The second kappa shape index (κ2) is 13.2. The minimum atomic E-state index is -1.44. The minimum absolute atomic E-state index is 0.177. The number of fused-ring (bicyclic) bond motifs is 1. The zero-order valence-corrected chi connectivity index (χ0v) is 29.5. The van der Waals surface area contributed by atoms with E-state index in [-0.39, 0.29) is 28.8 Å². The molecule has 3 aromatic rings. The SMILES string of the molecule is C[C@@H](c1ccccc1)N1C[C@@H](F)[C@@H](C2(C)CCC2)C1.Cc1c(N2CC(C)C(N3CCC3)C2)c(F)c(N)c2c(=O)c(C(=O)O)cn(C3CC3F)c12. The van der Waals surface area contributed by atoms with Gasteiger partial charge in [-0.25, -0.2) is 18.0 Å². The van der Waals surface area contributed by atoms with Gasteiger partial charge in [-0.15, -0.1) is 0 Å². The van der Waals surface area contributed by atoms with Crippen molar-refractivity contribution in [3.05, 3.63) is 69.3 Å². The van der Waals surface area contributed by atoms with E-state index in [9.17, 15) is 23.5 Å². The summed E-state index contributed by atoms with van der Waals surface area (Å²) in [6, 6.07) is 10.5. The Balaban J connectivity index is 0.000000176. The molecule has 8 rings (SSSR count). The molecule has 3 N–H and O–H groups in total. The number of carboxylic acid groups (broad SMARTS) is 1. The molecule has 0 bridgehead atoms. The molecule has 0 spiro atoms. The number of aryl methyl sites for hydroxylation is 1. The first-order valence-electron chi connectivity index (χ1n) is 18.3. The van der Waals surface area contributed by atoms with E-state index in [1.807, 2.05) is 11.0 Å². The predicted molar refractivity (Wildman–Crippen MR) is 191 cm³/mol. The first-order valence-corrected chi connectivity index (χ1v) is 18.3. The molecule has 2 saturated carbocycles. The molecule has 8 nitrogen and oxygen atoms in total. The molecule has 3 aliphatic heterocycles. The van der Waals surface area contributed by atoms with Crippen molar-refractivity contribution in [1.29, 1.82) is 0 Å². The van der Waals surface area contributed by atoms with Crippen LogP contribution >= 0.6 is 0 Å². The van der Waals surface area contributed by atoms with E-state index < -0.39 is 41.2 Å². The van der Waals surface area contributed by atoms with Crippen LogP contribution < -0.4 is 16.1 Å². The fourth-order valence-corrected chi connectivity index (χ4v) is 9.10. The van der Waals surface area contributed by atoms with E-state index >= 15 is 4.39 Å². The summed E-state index contributed by atoms with van der Waals surface area (Å²) >= 11 is 0. The minimum Gasteiger partial charge on any atom is -0.477 e. The van der Waals surface area contributed by atoms with Crippen LogP contribution in [0.25, 0.3) is 10.9 Å². The lowest BCUT2D eigenvalue weighted by molar-refractivity contribution is 0.0394. The molecular weight excluding hydrogens is 643 g/mol. The van der Waals surface area contributed by atoms with Gasteiger partial charge < -0.3 is 20.3 Å². The molecule has 50 heavy (non-hydrogen) atoms. The number of alkyl halides is 2. The summed E-state index contributed by atoms with van der Waals surface area (Å²) in [5.74, 6) is -1.57. The molecule has 2 aromatic carbocycles. The monoisotopic (exact) mass is 693 g/mol. The van der Waals surface area contributed by atoms with Crippen LogP contribution in [0.1, 0.15) is 86.4 Å². The number of nitrogens with zero attached hydrogens (tertiary/aromatic N) is 4. The number of aromatic carboxylic acids is 1. The lowest BCUT2D eigenvalue weighted by Gasteiger charge is -2.44. The normalized spacial score (nSPS) is 29.6. The Morgan fingerprint density at radius 3 is 2.26 bits per heavy atom. The van der Waals surface area contributed by atoms with Gasteiger partial charge in [-0.05, 0) is 68.7 Å². The van der Waals surface area contributed by atoms with Crippen LogP contribution in [0.2, 0.25) is 0 Å². The van der Waals surface area contributed by atoms with Gasteiger partial charge in [0.05, 0.1) is 28.3 Å². The third kappa shape index (κ3) is 5.97. The van der Waals surface area contributed by atoms with Crippen LogP contribution in [0.15, 0.2) is 41.3 Å². The largest absolute Gasteiger partial charge is 0.477 e. The summed E-state index contributed by atoms with van der Waals surface area (Å²) in [4.78, 5) is 31.2. The second-order valence-electron chi connectivity index (χ2n) is 15.8. The summed E-state index contributed by atoms with van der Waals surface area (Å²) in [5, 5.41) is 9.28. The fraction of sp³-hybridized carbons (Fsp3) is 0.590. The number of anilines is 2. The number of nitrogens with two attached hydrogens (primary N) is 1. The molecule has 4 unspecified atom stereocenters. The Hall–Kier alpha value is -3.57. The summed E-state index contributed by atoms with van der Waals surface area (Å²) in [6.45, 7) is 13.2. The summed E-state index contributed by atoms with van der Waals surface area (Å²) in [5.41, 5.74) is 7.08. The molecule has 7 atom stereocenters. The molecule has 3 saturated heterocycles. The first kappa shape index (κ1) is 34.9. The summed E-state index contributed by atoms with van der Waals surface area (Å²) in [7, 11) is 0. The zero-order chi connectivity index (χ0) is 35.6. The Labute approximate surface area is 292 Å². The van der Waals surface area contributed by atoms with Gasteiger partial charge in [0.2, 0.25) is 5.43 Å². The molecule has 0 radical (unpaired) electrons. The Bertz CT molecular complexity index is 1830. The molecule has 270 valence electrons. The third-order valence-corrected chi connectivity index (χ3v) is 12.7. The number of rotatable bonds is 7. The van der Waals surface area contributed by atoms with Crippen molar-refractivity contribution >= 4 is 28.2 Å². The standard InChI is InChI=1S/C22H26F2N4O3.C17H24FN/c1-10-7-27(9-15(10)26-4-3-5-26)20-11(2)19-16(18(25)17(20)24)21(29)12(22(30)31)8-28(19)14-6-13(14)23;1-13(14-7-4-3-5-8-14)19-11-15(16(18)12-19)17(2)9-6-10-17/h8,10,13-15H,3-7,9,25H2,1-2H3,(H,30,31);3-5,7-8,13,15-16H,6,9-12H2,1-2H3/t;13-,15-,16+/m.0/s1. The van der Waals surface area contributed by atoms with Crippen LogP contribution in [-0.2, 0) is 0 Å². The summed E-state index contributed by atoms with van der Waals surface area (Å²) in [6.07, 6.45) is 4.51. The molecule has 0 amide bonds. The number of pyridine rings is 1. The molecule has 5 fully saturated rings. The lowest BCUT2D eigenvalue weighted by atomic mass is 9.62. The number of hydrogen-bond acceptors (Lipinski definition) is 6. The van der Waals surface area contributed by atoms with Crippen molar-refractivity contribution in [2.75, 3.05) is 49.9 Å². The second-order valence-corrected chi connectivity index (χ2v) is 15.8. The third-order valence-electron chi connectivity index (χ3n) is 12.7. The highest BCUT2D eigenvalue weighted by molar-refractivity contribution is 6.01. The van der Waals surface area contributed by atoms with E-state index in [4.69, 9.17) is 5.73 Å². The number of benzene rings is 2. The van der Waals surface area contributed by atoms with Gasteiger partial charge >= 0.3 is 5.97 Å². The fourth-order valence-electron chi connectivity index (χ4n) is 9.10. The maximum atomic E-state index is 15.6. The molecular formula is C39H50F3N5O3. The van der Waals surface area contributed by atoms with E-state index in [2.05, 4.69) is 54.8 Å². The Morgan fingerprint density at radius 1 is 1.02 bits per heavy atom. The number of aromatic nitrogens is 1. The van der Waals surface area contributed by atoms with E-state index in [0.717, 1.165) is 19.6 Å². The highest BCUT2D eigenvalue weighted by Gasteiger charge is 2.49. The van der Waals surface area contributed by atoms with E-state index in [0.29, 0.717) is 54.4 Å². The topological polar surface area (TPSA) is 95.0 Å². The van der Waals surface area contributed by atoms with Crippen LogP contribution in [0, 0.1) is 30.0 Å². The van der Waals surface area contributed by atoms with Gasteiger partial charge in [0, 0.05) is 56.8 Å². The quantitative estimate of drug-likeness (QED) is 0.265. The maximum Gasteiger partial charge on any atom is 0.341 e. The van der Waals surface area contributed by atoms with Gasteiger partial charge in [-0.3, -0.25) is 14.6 Å². The van der Waals surface area contributed by atoms with E-state index in [1.165, 1.54) is 42.0 Å². The number of carboxylic acids is 1. The number of nitrogen functional groups attached to an aromatic ring is 1. The highest BCUT2D eigenvalue weighted by Crippen LogP contribution is 2.51. The number of hydrogen-bond donors (Lipinski definition) is 2. The molecule has 2 aliphatic carbocycles. The van der Waals surface area contributed by atoms with Crippen molar-refractivity contribution < 1.29 is 23.1 Å². The number of likely N-dealkylation sites (tertiary alicyclic amines) is 2. The smallest absolute Gasteiger partial charge is 0.341 e. The van der Waals surface area contributed by atoms with Crippen LogP contribution in [0.5, 0.6) is 0 Å². The van der Waals surface area contributed by atoms with Gasteiger partial charge in [0.25, 0.3) is 0 Å². The molecule has 5 aliphatic rings. The van der Waals surface area contributed by atoms with Crippen molar-refractivity contribution in [3.8, 4) is 0 Å². The maximum absolute atomic E-state index is 15.6.